The zero-order chi connectivity index (χ0) is 16.6. The van der Waals surface area contributed by atoms with Crippen molar-refractivity contribution in [2.45, 2.75) is 6.42 Å². The van der Waals surface area contributed by atoms with Crippen molar-refractivity contribution >= 4 is 17.2 Å². The maximum atomic E-state index is 11.8. The highest BCUT2D eigenvalue weighted by Gasteiger charge is 2.04. The number of carbonyl (C=O) groups excluding carboxylic acids is 1. The Balaban J connectivity index is 1.39. The quantitative estimate of drug-likeness (QED) is 0.672. The average molecular weight is 339 g/mol. The molecule has 3 aromatic rings. The van der Waals surface area contributed by atoms with Crippen molar-refractivity contribution < 1.29 is 9.53 Å². The van der Waals surface area contributed by atoms with Crippen molar-refractivity contribution in [2.24, 2.45) is 0 Å². The molecule has 2 heterocycles. The van der Waals surface area contributed by atoms with Gasteiger partial charge in [-0.05, 0) is 23.1 Å². The summed E-state index contributed by atoms with van der Waals surface area (Å²) in [6.45, 7) is 0.785. The molecule has 1 aromatic carbocycles. The molecule has 0 saturated heterocycles. The van der Waals surface area contributed by atoms with E-state index in [1.54, 1.807) is 17.4 Å². The minimum atomic E-state index is -0.0241. The Labute approximate surface area is 144 Å². The number of thiophene rings is 1. The lowest BCUT2D eigenvalue weighted by Gasteiger charge is -2.07. The smallest absolute Gasteiger partial charge is 0.233 e. The van der Waals surface area contributed by atoms with Gasteiger partial charge in [-0.25, -0.2) is 0 Å². The number of nitrogens with one attached hydrogen (secondary N) is 1. The Morgan fingerprint density at radius 3 is 2.62 bits per heavy atom. The molecule has 24 heavy (non-hydrogen) atoms. The van der Waals surface area contributed by atoms with Crippen LogP contribution in [-0.2, 0) is 11.2 Å². The summed E-state index contributed by atoms with van der Waals surface area (Å²) in [7, 11) is 0. The molecule has 0 aliphatic carbocycles. The summed E-state index contributed by atoms with van der Waals surface area (Å²) in [6, 6.07) is 17.3. The molecule has 6 heteroatoms. The van der Waals surface area contributed by atoms with E-state index >= 15 is 0 Å². The second-order valence-electron chi connectivity index (χ2n) is 5.09. The molecule has 1 N–H and O–H groups in total. The lowest BCUT2D eigenvalue weighted by atomic mass is 10.1. The maximum Gasteiger partial charge on any atom is 0.233 e. The highest BCUT2D eigenvalue weighted by molar-refractivity contribution is 7.13. The SMILES string of the molecule is O=C(Cc1ccccc1)NCCOc1ccc(-c2cccs2)nn1. The van der Waals surface area contributed by atoms with Crippen molar-refractivity contribution in [3.8, 4) is 16.5 Å². The molecule has 0 saturated carbocycles. The van der Waals surface area contributed by atoms with Gasteiger partial charge in [-0.15, -0.1) is 21.5 Å². The van der Waals surface area contributed by atoms with Gasteiger partial charge in [0.25, 0.3) is 0 Å². The van der Waals surface area contributed by atoms with Gasteiger partial charge in [0.1, 0.15) is 12.3 Å². The molecule has 3 rings (SSSR count). The van der Waals surface area contributed by atoms with E-state index in [-0.39, 0.29) is 5.91 Å². The van der Waals surface area contributed by atoms with Crippen LogP contribution in [0.3, 0.4) is 0 Å². The van der Waals surface area contributed by atoms with Gasteiger partial charge in [-0.1, -0.05) is 36.4 Å². The highest BCUT2D eigenvalue weighted by Crippen LogP contribution is 2.22. The summed E-state index contributed by atoms with van der Waals surface area (Å²) < 4.78 is 5.49. The van der Waals surface area contributed by atoms with E-state index in [0.717, 1.165) is 16.1 Å². The predicted octanol–water partition coefficient (Wildman–Crippen LogP) is 2.94. The average Bonchev–Trinajstić information content (AvgIpc) is 3.15. The molecule has 0 unspecified atom stereocenters. The van der Waals surface area contributed by atoms with Crippen LogP contribution < -0.4 is 10.1 Å². The molecule has 0 aliphatic rings. The van der Waals surface area contributed by atoms with E-state index in [9.17, 15) is 4.79 Å². The van der Waals surface area contributed by atoms with E-state index < -0.39 is 0 Å². The topological polar surface area (TPSA) is 64.1 Å². The van der Waals surface area contributed by atoms with Gasteiger partial charge in [0, 0.05) is 6.07 Å². The number of hydrogen-bond acceptors (Lipinski definition) is 5. The van der Waals surface area contributed by atoms with Crippen molar-refractivity contribution in [1.29, 1.82) is 0 Å². The molecule has 0 bridgehead atoms. The number of ether oxygens (including phenoxy) is 1. The number of aromatic nitrogens is 2. The molecule has 2 aromatic heterocycles. The molecule has 5 nitrogen and oxygen atoms in total. The molecule has 1 amide bonds. The second kappa shape index (κ2) is 8.21. The van der Waals surface area contributed by atoms with Gasteiger partial charge in [0.15, 0.2) is 0 Å². The summed E-state index contributed by atoms with van der Waals surface area (Å²) in [5.74, 6) is 0.427. The van der Waals surface area contributed by atoms with E-state index in [4.69, 9.17) is 4.74 Å². The molecule has 0 aliphatic heterocycles. The number of hydrogen-bond donors (Lipinski definition) is 1. The molecule has 0 atom stereocenters. The normalized spacial score (nSPS) is 10.3. The van der Waals surface area contributed by atoms with Gasteiger partial charge < -0.3 is 10.1 Å². The van der Waals surface area contributed by atoms with Crippen molar-refractivity contribution in [1.82, 2.24) is 15.5 Å². The van der Waals surface area contributed by atoms with E-state index in [1.807, 2.05) is 53.9 Å². The molecule has 0 spiro atoms. The van der Waals surface area contributed by atoms with Crippen LogP contribution in [0.15, 0.2) is 60.0 Å². The van der Waals surface area contributed by atoms with Gasteiger partial charge in [-0.3, -0.25) is 4.79 Å². The maximum absolute atomic E-state index is 11.8. The van der Waals surface area contributed by atoms with Crippen LogP contribution in [0.2, 0.25) is 0 Å². The Morgan fingerprint density at radius 2 is 1.92 bits per heavy atom. The molecule has 0 fully saturated rings. The summed E-state index contributed by atoms with van der Waals surface area (Å²) in [5.41, 5.74) is 1.82. The van der Waals surface area contributed by atoms with Crippen LogP contribution in [0.25, 0.3) is 10.6 Å². The summed E-state index contributed by atoms with van der Waals surface area (Å²) in [6.07, 6.45) is 0.371. The molecule has 122 valence electrons. The largest absolute Gasteiger partial charge is 0.475 e. The fourth-order valence-corrected chi connectivity index (χ4v) is 2.83. The number of amides is 1. The summed E-state index contributed by atoms with van der Waals surface area (Å²) in [4.78, 5) is 12.9. The first-order chi connectivity index (χ1) is 11.8. The van der Waals surface area contributed by atoms with Crippen LogP contribution >= 0.6 is 11.3 Å². The van der Waals surface area contributed by atoms with Crippen LogP contribution in [0.5, 0.6) is 5.88 Å². The lowest BCUT2D eigenvalue weighted by molar-refractivity contribution is -0.120. The van der Waals surface area contributed by atoms with E-state index in [1.165, 1.54) is 0 Å². The molecule has 0 radical (unpaired) electrons. The van der Waals surface area contributed by atoms with Crippen LogP contribution in [0.1, 0.15) is 5.56 Å². The first-order valence-corrected chi connectivity index (χ1v) is 8.50. The zero-order valence-electron chi connectivity index (χ0n) is 13.0. The monoisotopic (exact) mass is 339 g/mol. The Morgan fingerprint density at radius 1 is 1.04 bits per heavy atom. The number of benzene rings is 1. The van der Waals surface area contributed by atoms with Crippen LogP contribution in [0.4, 0.5) is 0 Å². The third-order valence-electron chi connectivity index (χ3n) is 3.30. The standard InChI is InChI=1S/C18H17N3O2S/c22-17(13-14-5-2-1-3-6-14)19-10-11-23-18-9-8-15(20-21-18)16-7-4-12-24-16/h1-9,12H,10-11,13H2,(H,19,22). The van der Waals surface area contributed by atoms with Crippen molar-refractivity contribution in [2.75, 3.05) is 13.2 Å². The Hall–Kier alpha value is -2.73. The third kappa shape index (κ3) is 4.63. The Kier molecular flexibility index (Phi) is 5.52. The number of rotatable bonds is 7. The molecular weight excluding hydrogens is 322 g/mol. The lowest BCUT2D eigenvalue weighted by Crippen LogP contribution is -2.29. The third-order valence-corrected chi connectivity index (χ3v) is 4.19. The Bertz CT molecular complexity index is 759. The van der Waals surface area contributed by atoms with Crippen LogP contribution in [-0.4, -0.2) is 29.3 Å². The summed E-state index contributed by atoms with van der Waals surface area (Å²) >= 11 is 1.62. The van der Waals surface area contributed by atoms with E-state index in [2.05, 4.69) is 15.5 Å². The van der Waals surface area contributed by atoms with Crippen LogP contribution in [0, 0.1) is 0 Å². The fraction of sp³-hybridized carbons (Fsp3) is 0.167. The minimum absolute atomic E-state index is 0.0241. The number of nitrogens with zero attached hydrogens (tertiary/aromatic N) is 2. The van der Waals surface area contributed by atoms with Gasteiger partial charge in [0.2, 0.25) is 11.8 Å². The highest BCUT2D eigenvalue weighted by atomic mass is 32.1. The summed E-state index contributed by atoms with van der Waals surface area (Å²) in [5, 5.41) is 13.0. The van der Waals surface area contributed by atoms with Crippen molar-refractivity contribution in [3.63, 3.8) is 0 Å². The second-order valence-corrected chi connectivity index (χ2v) is 6.04. The van der Waals surface area contributed by atoms with Gasteiger partial charge >= 0.3 is 0 Å². The van der Waals surface area contributed by atoms with Gasteiger partial charge in [-0.2, -0.15) is 0 Å². The predicted molar refractivity (Wildman–Crippen MR) is 94.0 cm³/mol. The van der Waals surface area contributed by atoms with E-state index in [0.29, 0.717) is 25.5 Å². The number of carbonyl (C=O) groups is 1. The molecular formula is C18H17N3O2S. The zero-order valence-corrected chi connectivity index (χ0v) is 13.8. The first kappa shape index (κ1) is 16.1. The van der Waals surface area contributed by atoms with Gasteiger partial charge in [0.05, 0.1) is 17.8 Å². The minimum Gasteiger partial charge on any atom is -0.475 e. The van der Waals surface area contributed by atoms with Crippen molar-refractivity contribution in [3.05, 3.63) is 65.5 Å². The fourth-order valence-electron chi connectivity index (χ4n) is 2.14. The first-order valence-electron chi connectivity index (χ1n) is 7.62.